The highest BCUT2D eigenvalue weighted by atomic mass is 16.4. The molecule has 0 aromatic heterocycles. The Morgan fingerprint density at radius 2 is 2.27 bits per heavy atom. The number of unbranched alkanes of at least 4 members (excludes halogenated alkanes) is 1. The Morgan fingerprint density at radius 1 is 1.47 bits per heavy atom. The molecule has 2 N–H and O–H groups in total. The van der Waals surface area contributed by atoms with Gasteiger partial charge in [0.2, 0.25) is 5.91 Å². The Morgan fingerprint density at radius 3 is 2.87 bits per heavy atom. The molecule has 1 heterocycles. The first-order valence-corrected chi connectivity index (χ1v) is 5.40. The number of carbonyl (C=O) groups excluding carboxylic acids is 1. The van der Waals surface area contributed by atoms with E-state index in [4.69, 9.17) is 5.11 Å². The van der Waals surface area contributed by atoms with E-state index in [0.717, 1.165) is 32.4 Å². The number of hydrogen-bond donors (Lipinski definition) is 2. The van der Waals surface area contributed by atoms with E-state index in [2.05, 4.69) is 5.32 Å². The fraction of sp³-hybridized carbons (Fsp3) is 0.800. The van der Waals surface area contributed by atoms with Crippen molar-refractivity contribution in [1.82, 2.24) is 10.2 Å². The summed E-state index contributed by atoms with van der Waals surface area (Å²) in [5, 5.41) is 11.2. The number of nitrogens with zero attached hydrogens (tertiary/aromatic N) is 1. The Kier molecular flexibility index (Phi) is 5.10. The van der Waals surface area contributed by atoms with Gasteiger partial charge in [-0.05, 0) is 25.8 Å². The number of carboxylic acid groups (broad SMARTS) is 1. The monoisotopic (exact) mass is 214 g/mol. The maximum absolute atomic E-state index is 11.2. The third-order valence-electron chi connectivity index (χ3n) is 2.48. The van der Waals surface area contributed by atoms with E-state index < -0.39 is 5.97 Å². The summed E-state index contributed by atoms with van der Waals surface area (Å²) in [7, 11) is 0. The number of nitrogens with one attached hydrogen (secondary N) is 1. The topological polar surface area (TPSA) is 69.6 Å². The van der Waals surface area contributed by atoms with Crippen LogP contribution in [0.3, 0.4) is 0 Å². The van der Waals surface area contributed by atoms with Crippen LogP contribution in [0.1, 0.15) is 25.7 Å². The maximum Gasteiger partial charge on any atom is 0.317 e. The third-order valence-corrected chi connectivity index (χ3v) is 2.48. The molecule has 1 amide bonds. The predicted octanol–water partition coefficient (Wildman–Crippen LogP) is 0.0632. The first-order valence-electron chi connectivity index (χ1n) is 5.40. The van der Waals surface area contributed by atoms with Gasteiger partial charge < -0.3 is 15.3 Å². The lowest BCUT2D eigenvalue weighted by atomic mass is 10.3. The van der Waals surface area contributed by atoms with Crippen molar-refractivity contribution in [2.45, 2.75) is 25.7 Å². The van der Waals surface area contributed by atoms with Gasteiger partial charge in [-0.15, -0.1) is 0 Å². The molecular formula is C10H18N2O3. The minimum Gasteiger partial charge on any atom is -0.480 e. The zero-order chi connectivity index (χ0) is 11.1. The van der Waals surface area contributed by atoms with E-state index in [1.165, 1.54) is 0 Å². The van der Waals surface area contributed by atoms with Crippen LogP contribution in [0.15, 0.2) is 0 Å². The van der Waals surface area contributed by atoms with Crippen LogP contribution in [0.5, 0.6) is 0 Å². The van der Waals surface area contributed by atoms with Gasteiger partial charge in [-0.25, -0.2) is 0 Å². The summed E-state index contributed by atoms with van der Waals surface area (Å²) in [6.07, 6.45) is 3.53. The second-order valence-corrected chi connectivity index (χ2v) is 3.76. The average molecular weight is 214 g/mol. The Balaban J connectivity index is 1.92. The number of amides is 1. The predicted molar refractivity (Wildman–Crippen MR) is 55.6 cm³/mol. The molecule has 5 heteroatoms. The van der Waals surface area contributed by atoms with Crippen LogP contribution in [-0.2, 0) is 9.59 Å². The minimum absolute atomic E-state index is 0.0165. The molecule has 15 heavy (non-hydrogen) atoms. The van der Waals surface area contributed by atoms with Crippen molar-refractivity contribution in [3.63, 3.8) is 0 Å². The third kappa shape index (κ3) is 4.78. The van der Waals surface area contributed by atoms with Gasteiger partial charge in [0.15, 0.2) is 0 Å². The number of aliphatic carboxylic acids is 1. The van der Waals surface area contributed by atoms with E-state index in [1.807, 2.05) is 4.90 Å². The second-order valence-electron chi connectivity index (χ2n) is 3.76. The number of carboxylic acids is 1. The van der Waals surface area contributed by atoms with E-state index >= 15 is 0 Å². The fourth-order valence-corrected chi connectivity index (χ4v) is 1.69. The summed E-state index contributed by atoms with van der Waals surface area (Å²) in [5.41, 5.74) is 0. The molecule has 5 nitrogen and oxygen atoms in total. The SMILES string of the molecule is O=C(O)CNCCCCN1CCCC1=O. The van der Waals surface area contributed by atoms with Crippen LogP contribution in [0, 0.1) is 0 Å². The van der Waals surface area contributed by atoms with Crippen LogP contribution in [-0.4, -0.2) is 48.1 Å². The lowest BCUT2D eigenvalue weighted by Gasteiger charge is -2.14. The Labute approximate surface area is 89.4 Å². The maximum atomic E-state index is 11.2. The number of rotatable bonds is 7. The molecule has 1 rings (SSSR count). The molecule has 0 radical (unpaired) electrons. The second kappa shape index (κ2) is 6.40. The van der Waals surface area contributed by atoms with Crippen LogP contribution < -0.4 is 5.32 Å². The molecule has 0 bridgehead atoms. The van der Waals surface area contributed by atoms with Gasteiger partial charge in [-0.2, -0.15) is 0 Å². The Hall–Kier alpha value is -1.10. The van der Waals surface area contributed by atoms with Crippen LogP contribution in [0.25, 0.3) is 0 Å². The molecule has 0 spiro atoms. The van der Waals surface area contributed by atoms with Crippen molar-refractivity contribution >= 4 is 11.9 Å². The molecule has 0 aromatic carbocycles. The van der Waals surface area contributed by atoms with Gasteiger partial charge in [-0.1, -0.05) is 0 Å². The van der Waals surface area contributed by atoms with E-state index in [1.54, 1.807) is 0 Å². The van der Waals surface area contributed by atoms with Crippen molar-refractivity contribution in [2.75, 3.05) is 26.2 Å². The molecule has 0 aliphatic carbocycles. The van der Waals surface area contributed by atoms with Crippen molar-refractivity contribution in [3.05, 3.63) is 0 Å². The van der Waals surface area contributed by atoms with Crippen molar-refractivity contribution in [3.8, 4) is 0 Å². The van der Waals surface area contributed by atoms with Crippen molar-refractivity contribution < 1.29 is 14.7 Å². The quantitative estimate of drug-likeness (QED) is 0.588. The summed E-state index contributed by atoms with van der Waals surface area (Å²) in [5.74, 6) is -0.571. The molecule has 1 aliphatic heterocycles. The van der Waals surface area contributed by atoms with E-state index in [-0.39, 0.29) is 12.5 Å². The molecule has 0 saturated carbocycles. The first-order chi connectivity index (χ1) is 7.20. The molecular weight excluding hydrogens is 196 g/mol. The van der Waals surface area contributed by atoms with Gasteiger partial charge in [0.05, 0.1) is 6.54 Å². The molecule has 86 valence electrons. The van der Waals surface area contributed by atoms with Gasteiger partial charge in [0, 0.05) is 19.5 Å². The number of likely N-dealkylation sites (tertiary alicyclic amines) is 1. The molecule has 1 saturated heterocycles. The van der Waals surface area contributed by atoms with Gasteiger partial charge in [0.25, 0.3) is 0 Å². The lowest BCUT2D eigenvalue weighted by Crippen LogP contribution is -2.27. The molecule has 0 atom stereocenters. The zero-order valence-electron chi connectivity index (χ0n) is 8.87. The van der Waals surface area contributed by atoms with Crippen molar-refractivity contribution in [1.29, 1.82) is 0 Å². The van der Waals surface area contributed by atoms with Gasteiger partial charge in [-0.3, -0.25) is 9.59 Å². The number of carbonyl (C=O) groups is 2. The molecule has 0 aromatic rings. The van der Waals surface area contributed by atoms with E-state index in [0.29, 0.717) is 13.0 Å². The zero-order valence-corrected chi connectivity index (χ0v) is 8.87. The highest BCUT2D eigenvalue weighted by Crippen LogP contribution is 2.09. The highest BCUT2D eigenvalue weighted by molar-refractivity contribution is 5.77. The lowest BCUT2D eigenvalue weighted by molar-refractivity contribution is -0.136. The van der Waals surface area contributed by atoms with Crippen LogP contribution >= 0.6 is 0 Å². The molecule has 1 aliphatic rings. The standard InChI is InChI=1S/C10H18N2O3/c13-9-4-3-7-12(9)6-2-1-5-11-8-10(14)15/h11H,1-8H2,(H,14,15). The largest absolute Gasteiger partial charge is 0.480 e. The summed E-state index contributed by atoms with van der Waals surface area (Å²) >= 11 is 0. The average Bonchev–Trinajstić information content (AvgIpc) is 2.57. The van der Waals surface area contributed by atoms with Gasteiger partial charge in [0.1, 0.15) is 0 Å². The summed E-state index contributed by atoms with van der Waals surface area (Å²) < 4.78 is 0. The summed E-state index contributed by atoms with van der Waals surface area (Å²) in [6.45, 7) is 2.42. The summed E-state index contributed by atoms with van der Waals surface area (Å²) in [4.78, 5) is 23.3. The smallest absolute Gasteiger partial charge is 0.317 e. The number of hydrogen-bond acceptors (Lipinski definition) is 3. The minimum atomic E-state index is -0.829. The van der Waals surface area contributed by atoms with Gasteiger partial charge >= 0.3 is 5.97 Å². The Bertz CT molecular complexity index is 231. The van der Waals surface area contributed by atoms with E-state index in [9.17, 15) is 9.59 Å². The highest BCUT2D eigenvalue weighted by Gasteiger charge is 2.18. The fourth-order valence-electron chi connectivity index (χ4n) is 1.69. The normalized spacial score (nSPS) is 16.0. The summed E-state index contributed by atoms with van der Waals surface area (Å²) in [6, 6.07) is 0. The van der Waals surface area contributed by atoms with Crippen molar-refractivity contribution in [2.24, 2.45) is 0 Å². The molecule has 1 fully saturated rings. The first kappa shape index (κ1) is 12.0. The van der Waals surface area contributed by atoms with Crippen LogP contribution in [0.4, 0.5) is 0 Å². The molecule has 0 unspecified atom stereocenters. The van der Waals surface area contributed by atoms with Crippen LogP contribution in [0.2, 0.25) is 0 Å².